The fourth-order valence-corrected chi connectivity index (χ4v) is 3.14. The van der Waals surface area contributed by atoms with E-state index < -0.39 is 5.41 Å². The molecule has 0 amide bonds. The molecule has 0 saturated heterocycles. The Kier molecular flexibility index (Phi) is 3.48. The molecular weight excluding hydrogens is 323 g/mol. The number of hydrogen-bond acceptors (Lipinski definition) is 3. The molecule has 0 aliphatic carbocycles. The predicted molar refractivity (Wildman–Crippen MR) is 103 cm³/mol. The first-order valence-corrected chi connectivity index (χ1v) is 8.22. The van der Waals surface area contributed by atoms with E-state index in [4.69, 9.17) is 7.85 Å². The SMILES string of the molecule is [B]c1ccc2ncc3[nH]c(=O)n(-c4ccc(C(C)(C)C#N)cc4)c3c2c1. The van der Waals surface area contributed by atoms with Crippen LogP contribution in [0.15, 0.2) is 53.5 Å². The number of fused-ring (bicyclic) bond motifs is 3. The van der Waals surface area contributed by atoms with Crippen molar-refractivity contribution in [1.82, 2.24) is 14.5 Å². The van der Waals surface area contributed by atoms with Gasteiger partial charge >= 0.3 is 5.69 Å². The van der Waals surface area contributed by atoms with Gasteiger partial charge in [0.1, 0.15) is 7.85 Å². The molecule has 2 aromatic heterocycles. The molecule has 2 aromatic carbocycles. The molecule has 124 valence electrons. The molecule has 4 aromatic rings. The highest BCUT2D eigenvalue weighted by molar-refractivity contribution is 6.33. The van der Waals surface area contributed by atoms with Crippen molar-refractivity contribution < 1.29 is 0 Å². The fourth-order valence-electron chi connectivity index (χ4n) is 3.14. The number of aromatic nitrogens is 3. The standard InChI is InChI=1S/C20H15BN4O/c1-20(2,11-22)12-3-6-14(7-4-12)25-18-15-9-13(21)5-8-16(15)23-10-17(18)24-19(25)26/h3-10H,1-2H3,(H,24,26). The number of pyridine rings is 1. The molecule has 5 nitrogen and oxygen atoms in total. The minimum atomic E-state index is -0.589. The minimum Gasteiger partial charge on any atom is -0.304 e. The Balaban J connectivity index is 2.00. The van der Waals surface area contributed by atoms with Gasteiger partial charge in [0.2, 0.25) is 0 Å². The number of benzene rings is 2. The van der Waals surface area contributed by atoms with Crippen molar-refractivity contribution in [2.75, 3.05) is 0 Å². The summed E-state index contributed by atoms with van der Waals surface area (Å²) in [5.41, 5.74) is 3.54. The van der Waals surface area contributed by atoms with Crippen LogP contribution in [0.3, 0.4) is 0 Å². The van der Waals surface area contributed by atoms with Crippen molar-refractivity contribution in [3.63, 3.8) is 0 Å². The van der Waals surface area contributed by atoms with Gasteiger partial charge in [0.05, 0.1) is 39.9 Å². The number of H-pyrrole nitrogens is 1. The van der Waals surface area contributed by atoms with Crippen LogP contribution >= 0.6 is 0 Å². The first kappa shape index (κ1) is 16.2. The maximum atomic E-state index is 12.6. The topological polar surface area (TPSA) is 74.5 Å². The average molecular weight is 338 g/mol. The van der Waals surface area contributed by atoms with Gasteiger partial charge < -0.3 is 4.98 Å². The molecule has 26 heavy (non-hydrogen) atoms. The number of rotatable bonds is 2. The van der Waals surface area contributed by atoms with Crippen LogP contribution in [-0.2, 0) is 5.41 Å². The van der Waals surface area contributed by atoms with E-state index in [1.165, 1.54) is 0 Å². The quantitative estimate of drug-likeness (QED) is 0.571. The van der Waals surface area contributed by atoms with E-state index in [0.717, 1.165) is 22.0 Å². The molecule has 0 aliphatic rings. The van der Waals surface area contributed by atoms with Crippen LogP contribution in [0, 0.1) is 11.3 Å². The zero-order valence-electron chi connectivity index (χ0n) is 14.4. The Labute approximate surface area is 151 Å². The summed E-state index contributed by atoms with van der Waals surface area (Å²) in [5, 5.41) is 10.1. The predicted octanol–water partition coefficient (Wildman–Crippen LogP) is 2.46. The summed E-state index contributed by atoms with van der Waals surface area (Å²) < 4.78 is 1.61. The van der Waals surface area contributed by atoms with Gasteiger partial charge in [-0.2, -0.15) is 5.26 Å². The van der Waals surface area contributed by atoms with Crippen molar-refractivity contribution in [1.29, 1.82) is 5.26 Å². The highest BCUT2D eigenvalue weighted by atomic mass is 16.1. The number of nitriles is 1. The third-order valence-corrected chi connectivity index (χ3v) is 4.66. The summed E-state index contributed by atoms with van der Waals surface area (Å²) in [5.74, 6) is 0. The number of nitrogens with one attached hydrogen (secondary N) is 1. The molecule has 4 rings (SSSR count). The molecule has 0 bridgehead atoms. The normalized spacial score (nSPS) is 11.7. The maximum Gasteiger partial charge on any atom is 0.331 e. The molecule has 0 atom stereocenters. The second-order valence-electron chi connectivity index (χ2n) is 6.85. The van der Waals surface area contributed by atoms with Crippen LogP contribution in [-0.4, -0.2) is 22.4 Å². The summed E-state index contributed by atoms with van der Waals surface area (Å²) in [6, 6.07) is 15.2. The zero-order valence-corrected chi connectivity index (χ0v) is 14.4. The molecular formula is C20H15BN4O. The van der Waals surface area contributed by atoms with Gasteiger partial charge in [-0.25, -0.2) is 4.79 Å². The van der Waals surface area contributed by atoms with Crippen molar-refractivity contribution in [3.8, 4) is 11.8 Å². The van der Waals surface area contributed by atoms with Crippen LogP contribution in [0.4, 0.5) is 0 Å². The fraction of sp³-hybridized carbons (Fsp3) is 0.150. The van der Waals surface area contributed by atoms with E-state index in [1.807, 2.05) is 50.2 Å². The summed E-state index contributed by atoms with van der Waals surface area (Å²) in [4.78, 5) is 19.8. The smallest absolute Gasteiger partial charge is 0.304 e. The summed E-state index contributed by atoms with van der Waals surface area (Å²) in [6.45, 7) is 3.73. The van der Waals surface area contributed by atoms with Crippen LogP contribution in [0.2, 0.25) is 0 Å². The molecule has 0 saturated carbocycles. The van der Waals surface area contributed by atoms with Gasteiger partial charge in [0.25, 0.3) is 0 Å². The molecule has 0 spiro atoms. The van der Waals surface area contributed by atoms with E-state index >= 15 is 0 Å². The van der Waals surface area contributed by atoms with Gasteiger partial charge in [-0.3, -0.25) is 9.55 Å². The average Bonchev–Trinajstić information content (AvgIpc) is 2.98. The third-order valence-electron chi connectivity index (χ3n) is 4.66. The van der Waals surface area contributed by atoms with E-state index in [1.54, 1.807) is 16.8 Å². The van der Waals surface area contributed by atoms with Crippen LogP contribution in [0.1, 0.15) is 19.4 Å². The Morgan fingerprint density at radius 2 is 1.92 bits per heavy atom. The summed E-state index contributed by atoms with van der Waals surface area (Å²) in [6.07, 6.45) is 1.65. The highest BCUT2D eigenvalue weighted by Gasteiger charge is 2.20. The Bertz CT molecular complexity index is 1240. The van der Waals surface area contributed by atoms with Crippen LogP contribution in [0.25, 0.3) is 27.6 Å². The highest BCUT2D eigenvalue weighted by Crippen LogP contribution is 2.26. The molecule has 0 fully saturated rings. The first-order chi connectivity index (χ1) is 12.4. The van der Waals surface area contributed by atoms with Crippen molar-refractivity contribution in [2.45, 2.75) is 19.3 Å². The van der Waals surface area contributed by atoms with Gasteiger partial charge in [-0.15, -0.1) is 0 Å². The van der Waals surface area contributed by atoms with Crippen LogP contribution < -0.4 is 11.2 Å². The van der Waals surface area contributed by atoms with Gasteiger partial charge in [-0.1, -0.05) is 29.7 Å². The van der Waals surface area contributed by atoms with Crippen molar-refractivity contribution in [2.24, 2.45) is 0 Å². The van der Waals surface area contributed by atoms with E-state index in [-0.39, 0.29) is 5.69 Å². The third kappa shape index (κ3) is 2.41. The number of nitrogens with zero attached hydrogens (tertiary/aromatic N) is 3. The molecule has 6 heteroatoms. The molecule has 2 radical (unpaired) electrons. The van der Waals surface area contributed by atoms with E-state index in [2.05, 4.69) is 16.0 Å². The molecule has 1 N–H and O–H groups in total. The Morgan fingerprint density at radius 1 is 1.19 bits per heavy atom. The number of aromatic amines is 1. The van der Waals surface area contributed by atoms with E-state index in [9.17, 15) is 10.1 Å². The largest absolute Gasteiger partial charge is 0.331 e. The van der Waals surface area contributed by atoms with Crippen molar-refractivity contribution >= 4 is 35.2 Å². The minimum absolute atomic E-state index is 0.246. The zero-order chi connectivity index (χ0) is 18.5. The van der Waals surface area contributed by atoms with E-state index in [0.29, 0.717) is 16.7 Å². The molecule has 2 heterocycles. The first-order valence-electron chi connectivity index (χ1n) is 8.22. The molecule has 0 unspecified atom stereocenters. The second-order valence-corrected chi connectivity index (χ2v) is 6.85. The Morgan fingerprint density at radius 3 is 2.62 bits per heavy atom. The van der Waals surface area contributed by atoms with Gasteiger partial charge in [0, 0.05) is 5.39 Å². The van der Waals surface area contributed by atoms with Crippen molar-refractivity contribution in [3.05, 3.63) is 64.7 Å². The number of imidazole rings is 1. The lowest BCUT2D eigenvalue weighted by atomic mass is 9.86. The Hall–Kier alpha value is -3.33. The second kappa shape index (κ2) is 5.60. The summed E-state index contributed by atoms with van der Waals surface area (Å²) >= 11 is 0. The number of hydrogen-bond donors (Lipinski definition) is 1. The molecule has 0 aliphatic heterocycles. The monoisotopic (exact) mass is 338 g/mol. The lowest BCUT2D eigenvalue weighted by Gasteiger charge is -2.16. The maximum absolute atomic E-state index is 12.6. The summed E-state index contributed by atoms with van der Waals surface area (Å²) in [7, 11) is 5.94. The van der Waals surface area contributed by atoms with Gasteiger partial charge in [-0.05, 0) is 37.6 Å². The lowest BCUT2D eigenvalue weighted by molar-refractivity contribution is 0.686. The lowest BCUT2D eigenvalue weighted by Crippen LogP contribution is -2.16. The van der Waals surface area contributed by atoms with Gasteiger partial charge in [0.15, 0.2) is 0 Å². The van der Waals surface area contributed by atoms with Crippen LogP contribution in [0.5, 0.6) is 0 Å².